The number of likely N-dealkylation sites (N-methyl/N-ethyl adjacent to an activating group) is 1. The molecule has 2 unspecified atom stereocenters. The zero-order valence-electron chi connectivity index (χ0n) is 23.9. The average Bonchev–Trinajstić information content (AvgIpc) is 3.49. The monoisotopic (exact) mass is 677 g/mol. The Labute approximate surface area is 270 Å². The van der Waals surface area contributed by atoms with Gasteiger partial charge in [-0.05, 0) is 91.4 Å². The Morgan fingerprint density at radius 1 is 1.02 bits per heavy atom. The van der Waals surface area contributed by atoms with Gasteiger partial charge in [-0.3, -0.25) is 9.69 Å². The number of nitrogens with one attached hydrogen (secondary N) is 1. The first-order valence-electron chi connectivity index (χ1n) is 14.7. The highest BCUT2D eigenvalue weighted by Crippen LogP contribution is 2.45. The number of H-pyrrole nitrogens is 1. The summed E-state index contributed by atoms with van der Waals surface area (Å²) in [7, 11) is 2.18. The lowest BCUT2D eigenvalue weighted by Crippen LogP contribution is -2.44. The van der Waals surface area contributed by atoms with Crippen molar-refractivity contribution in [1.82, 2.24) is 19.7 Å². The molecule has 1 N–H and O–H groups in total. The van der Waals surface area contributed by atoms with Crippen LogP contribution in [0.5, 0.6) is 5.75 Å². The van der Waals surface area contributed by atoms with E-state index in [1.165, 1.54) is 0 Å². The summed E-state index contributed by atoms with van der Waals surface area (Å²) in [5, 5.41) is 2.24. The smallest absolute Gasteiger partial charge is 0.256 e. The van der Waals surface area contributed by atoms with Crippen LogP contribution in [-0.2, 0) is 11.2 Å². The van der Waals surface area contributed by atoms with Crippen LogP contribution in [0.4, 0.5) is 5.69 Å². The van der Waals surface area contributed by atoms with Gasteiger partial charge in [-0.25, -0.2) is 0 Å². The third-order valence-corrected chi connectivity index (χ3v) is 10.0. The largest absolute Gasteiger partial charge is 0.494 e. The zero-order valence-corrected chi connectivity index (χ0v) is 27.1. The molecule has 4 heterocycles. The molecule has 43 heavy (non-hydrogen) atoms. The van der Waals surface area contributed by atoms with E-state index in [4.69, 9.17) is 28.6 Å². The van der Waals surface area contributed by atoms with Gasteiger partial charge < -0.3 is 24.4 Å². The highest BCUT2D eigenvalue weighted by Gasteiger charge is 2.51. The standard InChI is InChI=1S/C33H33BrClN5O2S/c1-37-14-16-38(17-15-37)13-2-18-42-25-10-3-21(4-11-25)31-30-27(26-19-22(34)5-12-28(26)36-30)20-29-32(41)39(33(43)40(29)31)24-8-6-23(35)7-9-24/h3-12,19,29,31,36H,2,13-18,20H2,1H3. The molecule has 7 rings (SSSR count). The number of rotatable bonds is 7. The van der Waals surface area contributed by atoms with Crippen LogP contribution in [0.3, 0.4) is 0 Å². The number of carbonyl (C=O) groups excluding carboxylic acids is 1. The number of piperazine rings is 1. The van der Waals surface area contributed by atoms with E-state index in [1.807, 2.05) is 30.3 Å². The summed E-state index contributed by atoms with van der Waals surface area (Å²) in [6.07, 6.45) is 1.56. The van der Waals surface area contributed by atoms with Gasteiger partial charge in [-0.15, -0.1) is 0 Å². The molecule has 0 saturated carbocycles. The van der Waals surface area contributed by atoms with Gasteiger partial charge in [0.05, 0.1) is 18.3 Å². The van der Waals surface area contributed by atoms with E-state index in [1.54, 1.807) is 17.0 Å². The van der Waals surface area contributed by atoms with Crippen molar-refractivity contribution in [3.63, 3.8) is 0 Å². The van der Waals surface area contributed by atoms with Crippen molar-refractivity contribution in [2.24, 2.45) is 0 Å². The molecule has 0 radical (unpaired) electrons. The van der Waals surface area contributed by atoms with E-state index < -0.39 is 6.04 Å². The molecule has 2 saturated heterocycles. The highest BCUT2D eigenvalue weighted by molar-refractivity contribution is 9.10. The fourth-order valence-corrected chi connectivity index (χ4v) is 7.48. The SMILES string of the molecule is CN1CCN(CCCOc2ccc(C3c4[nH]c5ccc(Br)cc5c4CC4C(=O)N(c5ccc(Cl)cc5)C(=S)N43)cc2)CC1. The number of thiocarbonyl (C=S) groups is 1. The molecule has 1 aromatic heterocycles. The lowest BCUT2D eigenvalue weighted by Gasteiger charge is -2.37. The molecule has 7 nitrogen and oxygen atoms in total. The normalized spacial score (nSPS) is 21.0. The lowest BCUT2D eigenvalue weighted by atomic mass is 9.89. The Kier molecular flexibility index (Phi) is 7.94. The van der Waals surface area contributed by atoms with Crippen LogP contribution in [-0.4, -0.2) is 83.1 Å². The van der Waals surface area contributed by atoms with Crippen LogP contribution in [0, 0.1) is 0 Å². The Bertz CT molecular complexity index is 1670. The van der Waals surface area contributed by atoms with E-state index in [0.29, 0.717) is 23.2 Å². The minimum Gasteiger partial charge on any atom is -0.494 e. The van der Waals surface area contributed by atoms with Gasteiger partial charge in [0.1, 0.15) is 11.8 Å². The Hall–Kier alpha value is -2.95. The van der Waals surface area contributed by atoms with Crippen LogP contribution in [0.25, 0.3) is 10.9 Å². The molecule has 2 atom stereocenters. The van der Waals surface area contributed by atoms with E-state index in [0.717, 1.165) is 82.8 Å². The molecule has 4 aromatic rings. The third-order valence-electron chi connectivity index (χ3n) is 8.87. The molecule has 0 spiro atoms. The highest BCUT2D eigenvalue weighted by atomic mass is 79.9. The molecular formula is C33H33BrClN5O2S. The quantitative estimate of drug-likeness (QED) is 0.184. The lowest BCUT2D eigenvalue weighted by molar-refractivity contribution is -0.120. The first-order valence-corrected chi connectivity index (χ1v) is 16.3. The summed E-state index contributed by atoms with van der Waals surface area (Å²) < 4.78 is 7.14. The Morgan fingerprint density at radius 3 is 2.51 bits per heavy atom. The van der Waals surface area contributed by atoms with Crippen LogP contribution in [0.2, 0.25) is 5.02 Å². The van der Waals surface area contributed by atoms with Crippen molar-refractivity contribution in [2.75, 3.05) is 51.3 Å². The molecule has 0 aliphatic carbocycles. The third kappa shape index (κ3) is 5.46. The number of anilines is 1. The summed E-state index contributed by atoms with van der Waals surface area (Å²) in [4.78, 5) is 26.3. The summed E-state index contributed by atoms with van der Waals surface area (Å²) in [6.45, 7) is 6.23. The fourth-order valence-electron chi connectivity index (χ4n) is 6.56. The molecule has 0 bridgehead atoms. The minimum absolute atomic E-state index is 0.0207. The van der Waals surface area contributed by atoms with E-state index in [9.17, 15) is 4.79 Å². The molecule has 222 valence electrons. The van der Waals surface area contributed by atoms with Gasteiger partial charge in [0, 0.05) is 65.2 Å². The van der Waals surface area contributed by atoms with Crippen LogP contribution in [0.15, 0.2) is 71.2 Å². The maximum atomic E-state index is 14.0. The second kappa shape index (κ2) is 11.9. The van der Waals surface area contributed by atoms with Gasteiger partial charge >= 0.3 is 0 Å². The first-order chi connectivity index (χ1) is 20.9. The van der Waals surface area contributed by atoms with Crippen molar-refractivity contribution in [3.8, 4) is 5.75 Å². The first kappa shape index (κ1) is 28.8. The summed E-state index contributed by atoms with van der Waals surface area (Å²) in [6, 6.07) is 21.1. The molecular weight excluding hydrogens is 646 g/mol. The number of hydrogen-bond acceptors (Lipinski definition) is 5. The predicted molar refractivity (Wildman–Crippen MR) is 179 cm³/mol. The topological polar surface area (TPSA) is 55.1 Å². The van der Waals surface area contributed by atoms with Crippen LogP contribution < -0.4 is 9.64 Å². The predicted octanol–water partition coefficient (Wildman–Crippen LogP) is 6.25. The van der Waals surface area contributed by atoms with Crippen LogP contribution >= 0.6 is 39.7 Å². The van der Waals surface area contributed by atoms with Crippen LogP contribution in [0.1, 0.15) is 29.3 Å². The molecule has 2 fully saturated rings. The molecule has 1 amide bonds. The van der Waals surface area contributed by atoms with Crippen molar-refractivity contribution in [3.05, 3.63) is 93.0 Å². The summed E-state index contributed by atoms with van der Waals surface area (Å²) >= 11 is 15.8. The van der Waals surface area contributed by atoms with Gasteiger partial charge in [0.2, 0.25) is 0 Å². The summed E-state index contributed by atoms with van der Waals surface area (Å²) in [5.41, 5.74) is 5.05. The van der Waals surface area contributed by atoms with Gasteiger partial charge in [0.15, 0.2) is 5.11 Å². The molecule has 3 aromatic carbocycles. The second-order valence-corrected chi connectivity index (χ2v) is 13.3. The number of aromatic amines is 1. The number of halogens is 2. The van der Waals surface area contributed by atoms with Crippen molar-refractivity contribution >= 4 is 67.4 Å². The second-order valence-electron chi connectivity index (χ2n) is 11.6. The molecule has 3 aliphatic heterocycles. The van der Waals surface area contributed by atoms with Crippen molar-refractivity contribution in [2.45, 2.75) is 24.9 Å². The molecule has 10 heteroatoms. The van der Waals surface area contributed by atoms with Gasteiger partial charge in [-0.2, -0.15) is 0 Å². The number of ether oxygens (including phenoxy) is 1. The zero-order chi connectivity index (χ0) is 29.7. The Balaban J connectivity index is 1.16. The Morgan fingerprint density at radius 2 is 1.77 bits per heavy atom. The molecule has 3 aliphatic rings. The van der Waals surface area contributed by atoms with Crippen molar-refractivity contribution < 1.29 is 9.53 Å². The van der Waals surface area contributed by atoms with Gasteiger partial charge in [-0.1, -0.05) is 39.7 Å². The number of carbonyl (C=O) groups is 1. The fraction of sp³-hybridized carbons (Fsp3) is 0.333. The maximum absolute atomic E-state index is 14.0. The number of hydrogen-bond donors (Lipinski definition) is 1. The summed E-state index contributed by atoms with van der Waals surface area (Å²) in [5.74, 6) is 0.825. The number of fused-ring (bicyclic) bond motifs is 4. The minimum atomic E-state index is -0.413. The van der Waals surface area contributed by atoms with E-state index in [-0.39, 0.29) is 11.9 Å². The number of amides is 1. The maximum Gasteiger partial charge on any atom is 0.256 e. The van der Waals surface area contributed by atoms with Gasteiger partial charge in [0.25, 0.3) is 5.91 Å². The number of nitrogens with zero attached hydrogens (tertiary/aromatic N) is 4. The average molecular weight is 679 g/mol. The number of benzene rings is 3. The van der Waals surface area contributed by atoms with E-state index >= 15 is 0 Å². The van der Waals surface area contributed by atoms with E-state index in [2.05, 4.69) is 66.9 Å². The van der Waals surface area contributed by atoms with Crippen molar-refractivity contribution in [1.29, 1.82) is 0 Å². The number of aromatic nitrogens is 1.